The molecule has 112 valence electrons. The summed E-state index contributed by atoms with van der Waals surface area (Å²) in [6, 6.07) is 0. The molecule has 0 rings (SSSR count). The lowest BCUT2D eigenvalue weighted by Crippen LogP contribution is -2.18. The zero-order chi connectivity index (χ0) is 16.3. The molecule has 0 aromatic rings. The summed E-state index contributed by atoms with van der Waals surface area (Å²) in [4.78, 5) is 31.2. The van der Waals surface area contributed by atoms with E-state index < -0.39 is 17.8 Å². The van der Waals surface area contributed by atoms with E-state index in [2.05, 4.69) is 24.5 Å². The van der Waals surface area contributed by atoms with Gasteiger partial charge in [0.15, 0.2) is 0 Å². The van der Waals surface area contributed by atoms with Crippen LogP contribution in [0.25, 0.3) is 0 Å². The molecule has 0 saturated heterocycles. The summed E-state index contributed by atoms with van der Waals surface area (Å²) < 4.78 is 4.46. The van der Waals surface area contributed by atoms with Crippen LogP contribution in [0.1, 0.15) is 13.3 Å². The van der Waals surface area contributed by atoms with Crippen LogP contribution in [-0.4, -0.2) is 36.1 Å². The normalized spacial score (nSPS) is 8.70. The van der Waals surface area contributed by atoms with Gasteiger partial charge in [-0.2, -0.15) is 0 Å². The molecule has 0 spiro atoms. The van der Waals surface area contributed by atoms with Crippen molar-refractivity contribution < 1.29 is 24.2 Å². The summed E-state index contributed by atoms with van der Waals surface area (Å²) in [6.45, 7) is 11.5. The number of aliphatic hydroxyl groups excluding tert-OH is 1. The van der Waals surface area contributed by atoms with Crippen molar-refractivity contribution >= 4 is 17.8 Å². The van der Waals surface area contributed by atoms with Gasteiger partial charge < -0.3 is 21.3 Å². The van der Waals surface area contributed by atoms with E-state index in [9.17, 15) is 14.4 Å². The van der Waals surface area contributed by atoms with Crippen LogP contribution in [0.2, 0.25) is 0 Å². The number of primary amides is 2. The first-order valence-electron chi connectivity index (χ1n) is 5.52. The van der Waals surface area contributed by atoms with E-state index in [4.69, 9.17) is 16.6 Å². The van der Waals surface area contributed by atoms with E-state index in [0.29, 0.717) is 5.57 Å². The lowest BCUT2D eigenvalue weighted by atomic mass is 10.1. The summed E-state index contributed by atoms with van der Waals surface area (Å²) in [7, 11) is 0. The van der Waals surface area contributed by atoms with Crippen molar-refractivity contribution in [3.05, 3.63) is 36.5 Å². The van der Waals surface area contributed by atoms with Crippen LogP contribution in [-0.2, 0) is 19.1 Å². The average Bonchev–Trinajstić information content (AvgIpc) is 2.35. The summed E-state index contributed by atoms with van der Waals surface area (Å²) in [5, 5.41) is 8.19. The summed E-state index contributed by atoms with van der Waals surface area (Å²) in [5.41, 5.74) is 10.3. The maximum absolute atomic E-state index is 10.5. The number of ether oxygens (including phenoxy) is 1. The second-order valence-electron chi connectivity index (χ2n) is 3.75. The Morgan fingerprint density at radius 3 is 1.70 bits per heavy atom. The molecule has 0 atom stereocenters. The molecule has 0 aliphatic rings. The number of rotatable bonds is 7. The van der Waals surface area contributed by atoms with Gasteiger partial charge in [0.1, 0.15) is 6.61 Å². The Bertz CT molecular complexity index is 402. The Morgan fingerprint density at radius 2 is 1.45 bits per heavy atom. The van der Waals surface area contributed by atoms with E-state index in [1.54, 1.807) is 6.92 Å². The van der Waals surface area contributed by atoms with Crippen LogP contribution >= 0.6 is 0 Å². The van der Waals surface area contributed by atoms with Crippen molar-refractivity contribution in [3.63, 3.8) is 0 Å². The molecule has 0 aliphatic heterocycles. The SMILES string of the molecule is C=C(C)C(=O)OCCO.C=C(CC(=C)C(N)=O)C(N)=O. The van der Waals surface area contributed by atoms with E-state index >= 15 is 0 Å². The molecule has 7 heteroatoms. The lowest BCUT2D eigenvalue weighted by molar-refractivity contribution is -0.139. The molecule has 0 bridgehead atoms. The number of carbonyl (C=O) groups excluding carboxylic acids is 3. The van der Waals surface area contributed by atoms with Gasteiger partial charge in [-0.25, -0.2) is 4.79 Å². The third kappa shape index (κ3) is 10.7. The standard InChI is InChI=1S/C7H10N2O2.C6H10O3/c1-4(6(8)10)3-5(2)7(9)11;1-5(2)6(8)9-4-3-7/h1-3H2,(H2,8,10)(H2,9,11);7H,1,3-4H2,2H3. The van der Waals surface area contributed by atoms with E-state index in [1.165, 1.54) is 0 Å². The quantitative estimate of drug-likeness (QED) is 0.430. The third-order valence-corrected chi connectivity index (χ3v) is 1.80. The fourth-order valence-electron chi connectivity index (χ4n) is 0.693. The van der Waals surface area contributed by atoms with Crippen LogP contribution in [0, 0.1) is 0 Å². The number of esters is 1. The van der Waals surface area contributed by atoms with Gasteiger partial charge in [0.25, 0.3) is 0 Å². The van der Waals surface area contributed by atoms with E-state index in [-0.39, 0.29) is 30.8 Å². The molecular weight excluding hydrogens is 264 g/mol. The van der Waals surface area contributed by atoms with Gasteiger partial charge in [-0.15, -0.1) is 0 Å². The van der Waals surface area contributed by atoms with Crippen molar-refractivity contribution in [2.24, 2.45) is 11.5 Å². The molecule has 20 heavy (non-hydrogen) atoms. The molecule has 0 heterocycles. The molecule has 5 N–H and O–H groups in total. The topological polar surface area (TPSA) is 133 Å². The molecule has 0 aromatic carbocycles. The Hall–Kier alpha value is -2.41. The minimum Gasteiger partial charge on any atom is -0.460 e. The van der Waals surface area contributed by atoms with Gasteiger partial charge in [0.05, 0.1) is 6.61 Å². The maximum atomic E-state index is 10.5. The van der Waals surface area contributed by atoms with Crippen LogP contribution in [0.5, 0.6) is 0 Å². The van der Waals surface area contributed by atoms with Crippen molar-refractivity contribution in [2.75, 3.05) is 13.2 Å². The van der Waals surface area contributed by atoms with E-state index in [0.717, 1.165) is 0 Å². The van der Waals surface area contributed by atoms with Crippen molar-refractivity contribution in [1.29, 1.82) is 0 Å². The molecular formula is C13H20N2O5. The molecule has 0 aromatic heterocycles. The fraction of sp³-hybridized carbons (Fsp3) is 0.308. The Morgan fingerprint density at radius 1 is 1.05 bits per heavy atom. The monoisotopic (exact) mass is 284 g/mol. The molecule has 0 unspecified atom stereocenters. The number of nitrogens with two attached hydrogens (primary N) is 2. The smallest absolute Gasteiger partial charge is 0.333 e. The van der Waals surface area contributed by atoms with Crippen LogP contribution in [0.15, 0.2) is 36.5 Å². The largest absolute Gasteiger partial charge is 0.460 e. The van der Waals surface area contributed by atoms with Crippen LogP contribution < -0.4 is 11.5 Å². The first-order valence-corrected chi connectivity index (χ1v) is 5.52. The minimum absolute atomic E-state index is 0.0463. The Kier molecular flexibility index (Phi) is 10.5. The number of hydrogen-bond donors (Lipinski definition) is 3. The number of hydrogen-bond acceptors (Lipinski definition) is 5. The fourth-order valence-corrected chi connectivity index (χ4v) is 0.693. The predicted molar refractivity (Wildman–Crippen MR) is 74.1 cm³/mol. The molecule has 0 radical (unpaired) electrons. The highest BCUT2D eigenvalue weighted by molar-refractivity contribution is 5.97. The molecule has 0 saturated carbocycles. The second-order valence-corrected chi connectivity index (χ2v) is 3.75. The van der Waals surface area contributed by atoms with Crippen molar-refractivity contribution in [1.82, 2.24) is 0 Å². The van der Waals surface area contributed by atoms with Crippen molar-refractivity contribution in [2.45, 2.75) is 13.3 Å². The molecule has 0 fully saturated rings. The maximum Gasteiger partial charge on any atom is 0.333 e. The van der Waals surface area contributed by atoms with Gasteiger partial charge in [-0.3, -0.25) is 9.59 Å². The highest BCUT2D eigenvalue weighted by atomic mass is 16.5. The summed E-state index contributed by atoms with van der Waals surface area (Å²) in [6.07, 6.45) is 0.0463. The highest BCUT2D eigenvalue weighted by Gasteiger charge is 2.07. The Balaban J connectivity index is 0. The molecule has 0 aliphatic carbocycles. The summed E-state index contributed by atoms with van der Waals surface area (Å²) >= 11 is 0. The van der Waals surface area contributed by atoms with Gasteiger partial charge >= 0.3 is 5.97 Å². The lowest BCUT2D eigenvalue weighted by Gasteiger charge is -1.99. The highest BCUT2D eigenvalue weighted by Crippen LogP contribution is 2.05. The van der Waals surface area contributed by atoms with Crippen LogP contribution in [0.3, 0.4) is 0 Å². The number of aliphatic hydroxyl groups is 1. The number of carbonyl (C=O) groups is 3. The Labute approximate surface area is 117 Å². The first-order chi connectivity index (χ1) is 9.13. The van der Waals surface area contributed by atoms with Gasteiger partial charge in [-0.05, 0) is 6.92 Å². The van der Waals surface area contributed by atoms with Gasteiger partial charge in [-0.1, -0.05) is 19.7 Å². The second kappa shape index (κ2) is 10.5. The zero-order valence-electron chi connectivity index (χ0n) is 11.5. The minimum atomic E-state index is -0.646. The van der Waals surface area contributed by atoms with Gasteiger partial charge in [0, 0.05) is 23.1 Å². The van der Waals surface area contributed by atoms with Crippen molar-refractivity contribution in [3.8, 4) is 0 Å². The van der Waals surface area contributed by atoms with Crippen LogP contribution in [0.4, 0.5) is 0 Å². The average molecular weight is 284 g/mol. The zero-order valence-corrected chi connectivity index (χ0v) is 11.5. The van der Waals surface area contributed by atoms with Gasteiger partial charge in [0.2, 0.25) is 11.8 Å². The third-order valence-electron chi connectivity index (χ3n) is 1.80. The summed E-state index contributed by atoms with van der Waals surface area (Å²) in [5.74, 6) is -1.75. The van der Waals surface area contributed by atoms with E-state index in [1.807, 2.05) is 0 Å². The number of amides is 2. The molecule has 7 nitrogen and oxygen atoms in total. The first kappa shape index (κ1) is 19.9. The predicted octanol–water partition coefficient (Wildman–Crippen LogP) is -0.442. The molecule has 2 amide bonds.